The molecule has 0 aliphatic carbocycles. The van der Waals surface area contributed by atoms with Gasteiger partial charge < -0.3 is 19.9 Å². The Bertz CT molecular complexity index is 1150. The van der Waals surface area contributed by atoms with Crippen molar-refractivity contribution in [1.82, 2.24) is 15.2 Å². The van der Waals surface area contributed by atoms with Crippen LogP contribution in [-0.2, 0) is 6.54 Å². The van der Waals surface area contributed by atoms with E-state index < -0.39 is 11.4 Å². The van der Waals surface area contributed by atoms with Crippen molar-refractivity contribution < 1.29 is 18.7 Å². The molecule has 0 saturated carbocycles. The number of hydrogen-bond donors (Lipinski definition) is 2. The fraction of sp³-hybridized carbons (Fsp3) is 0.238. The van der Waals surface area contributed by atoms with Gasteiger partial charge in [0.05, 0.1) is 25.1 Å². The summed E-state index contributed by atoms with van der Waals surface area (Å²) < 4.78 is 19.4. The van der Waals surface area contributed by atoms with Crippen molar-refractivity contribution >= 4 is 34.3 Å². The maximum Gasteiger partial charge on any atom is 0.317 e. The third-order valence-electron chi connectivity index (χ3n) is 5.39. The first-order valence-corrected chi connectivity index (χ1v) is 9.60. The zero-order valence-corrected chi connectivity index (χ0v) is 16.1. The Hall–Kier alpha value is -3.06. The number of aromatic amines is 1. The summed E-state index contributed by atoms with van der Waals surface area (Å²) in [6.45, 7) is 0.939. The molecule has 0 radical (unpaired) electrons. The molecule has 3 heterocycles. The number of halogens is 2. The maximum atomic E-state index is 13.5. The van der Waals surface area contributed by atoms with Crippen LogP contribution in [0.1, 0.15) is 22.3 Å². The Kier molecular flexibility index (Phi) is 4.03. The molecule has 2 aliphatic rings. The van der Waals surface area contributed by atoms with Crippen LogP contribution in [0.25, 0.3) is 10.9 Å². The summed E-state index contributed by atoms with van der Waals surface area (Å²) >= 11 is 5.96. The van der Waals surface area contributed by atoms with Crippen molar-refractivity contribution in [3.63, 3.8) is 0 Å². The number of amides is 2. The number of rotatable bonds is 2. The lowest BCUT2D eigenvalue weighted by Crippen LogP contribution is -2.69. The summed E-state index contributed by atoms with van der Waals surface area (Å²) in [4.78, 5) is 29.5. The Balaban J connectivity index is 1.21. The van der Waals surface area contributed by atoms with E-state index in [9.17, 15) is 14.0 Å². The van der Waals surface area contributed by atoms with Gasteiger partial charge in [0.2, 0.25) is 0 Å². The van der Waals surface area contributed by atoms with Crippen molar-refractivity contribution in [2.45, 2.75) is 18.6 Å². The maximum absolute atomic E-state index is 13.5. The lowest BCUT2D eigenvalue weighted by atomic mass is 9.84. The van der Waals surface area contributed by atoms with Crippen LogP contribution < -0.4 is 10.1 Å². The quantitative estimate of drug-likeness (QED) is 0.669. The number of benzene rings is 2. The number of Topliss-reactive ketones (excluding diaryl/α,β-unsaturated/α-hetero) is 1. The number of ketones is 1. The van der Waals surface area contributed by atoms with E-state index in [4.69, 9.17) is 16.3 Å². The van der Waals surface area contributed by atoms with E-state index in [2.05, 4.69) is 10.3 Å². The van der Waals surface area contributed by atoms with E-state index in [1.807, 2.05) is 24.3 Å². The molecule has 0 unspecified atom stereocenters. The van der Waals surface area contributed by atoms with Gasteiger partial charge in [-0.3, -0.25) is 4.79 Å². The van der Waals surface area contributed by atoms with Crippen LogP contribution >= 0.6 is 11.6 Å². The summed E-state index contributed by atoms with van der Waals surface area (Å²) in [5.41, 5.74) is 1.51. The van der Waals surface area contributed by atoms with E-state index in [1.54, 1.807) is 4.90 Å². The van der Waals surface area contributed by atoms with Gasteiger partial charge in [-0.25, -0.2) is 9.18 Å². The van der Waals surface area contributed by atoms with Crippen molar-refractivity contribution in [2.75, 3.05) is 13.1 Å². The Morgan fingerprint density at radius 3 is 2.90 bits per heavy atom. The number of urea groups is 1. The molecule has 8 heteroatoms. The monoisotopic (exact) mass is 413 g/mol. The van der Waals surface area contributed by atoms with E-state index in [-0.39, 0.29) is 37.1 Å². The van der Waals surface area contributed by atoms with Crippen LogP contribution in [0.15, 0.2) is 42.5 Å². The minimum atomic E-state index is -0.768. The molecular weight excluding hydrogens is 397 g/mol. The number of nitrogens with one attached hydrogen (secondary N) is 2. The molecule has 1 saturated heterocycles. The first kappa shape index (κ1) is 18.0. The molecule has 0 bridgehead atoms. The second-order valence-electron chi connectivity index (χ2n) is 7.58. The standard InChI is InChI=1S/C21H17ClFN3O3/c22-19-6-13-5-12(1-4-16(13)25-19)9-24-20(28)26-10-21(11-26)8-17(27)15-3-2-14(23)7-18(15)29-21/h1-7,25H,8-11H2,(H,24,28). The number of carbonyl (C=O) groups excluding carboxylic acids is 2. The van der Waals surface area contributed by atoms with Gasteiger partial charge in [-0.05, 0) is 35.9 Å². The number of aromatic nitrogens is 1. The predicted molar refractivity (Wildman–Crippen MR) is 106 cm³/mol. The topological polar surface area (TPSA) is 74.4 Å². The molecule has 2 aromatic carbocycles. The zero-order chi connectivity index (χ0) is 20.2. The summed E-state index contributed by atoms with van der Waals surface area (Å²) in [7, 11) is 0. The minimum absolute atomic E-state index is 0.0928. The van der Waals surface area contributed by atoms with Crippen LogP contribution in [-0.4, -0.2) is 40.4 Å². The van der Waals surface area contributed by atoms with Gasteiger partial charge in [0.25, 0.3) is 0 Å². The summed E-state index contributed by atoms with van der Waals surface area (Å²) in [6, 6.07) is 11.3. The van der Waals surface area contributed by atoms with Crippen LogP contribution in [0.3, 0.4) is 0 Å². The molecule has 29 heavy (non-hydrogen) atoms. The number of likely N-dealkylation sites (tertiary alicyclic amines) is 1. The van der Waals surface area contributed by atoms with Crippen LogP contribution in [0.5, 0.6) is 5.75 Å². The highest BCUT2D eigenvalue weighted by molar-refractivity contribution is 6.30. The fourth-order valence-electron chi connectivity index (χ4n) is 3.98. The van der Waals surface area contributed by atoms with Gasteiger partial charge in [-0.2, -0.15) is 0 Å². The van der Waals surface area contributed by atoms with E-state index in [0.717, 1.165) is 16.5 Å². The largest absolute Gasteiger partial charge is 0.482 e. The van der Waals surface area contributed by atoms with Gasteiger partial charge >= 0.3 is 6.03 Å². The molecule has 0 atom stereocenters. The molecule has 1 spiro atoms. The Morgan fingerprint density at radius 1 is 1.24 bits per heavy atom. The van der Waals surface area contributed by atoms with Gasteiger partial charge in [-0.1, -0.05) is 17.7 Å². The molecule has 3 aromatic rings. The van der Waals surface area contributed by atoms with Crippen molar-refractivity contribution in [2.24, 2.45) is 0 Å². The molecule has 1 fully saturated rings. The van der Waals surface area contributed by atoms with Gasteiger partial charge in [-0.15, -0.1) is 0 Å². The summed E-state index contributed by atoms with van der Waals surface area (Å²) in [6.07, 6.45) is 0.181. The third kappa shape index (κ3) is 3.21. The van der Waals surface area contributed by atoms with Crippen molar-refractivity contribution in [1.29, 1.82) is 0 Å². The average molecular weight is 414 g/mol. The molecule has 2 amide bonds. The summed E-state index contributed by atoms with van der Waals surface area (Å²) in [5, 5.41) is 4.42. The second-order valence-corrected chi connectivity index (χ2v) is 7.99. The van der Waals surface area contributed by atoms with E-state index in [1.165, 1.54) is 18.2 Å². The summed E-state index contributed by atoms with van der Waals surface area (Å²) in [5.74, 6) is -0.298. The normalized spacial score (nSPS) is 17.0. The Morgan fingerprint density at radius 2 is 2.07 bits per heavy atom. The average Bonchev–Trinajstić information content (AvgIpc) is 3.02. The highest BCUT2D eigenvalue weighted by Crippen LogP contribution is 2.39. The zero-order valence-electron chi connectivity index (χ0n) is 15.3. The van der Waals surface area contributed by atoms with Crippen molar-refractivity contribution in [3.05, 3.63) is 64.6 Å². The highest BCUT2D eigenvalue weighted by atomic mass is 35.5. The molecule has 2 N–H and O–H groups in total. The second kappa shape index (κ2) is 6.49. The van der Waals surface area contributed by atoms with Crippen molar-refractivity contribution in [3.8, 4) is 5.75 Å². The molecule has 1 aromatic heterocycles. The first-order valence-electron chi connectivity index (χ1n) is 9.23. The molecule has 148 valence electrons. The smallest absolute Gasteiger partial charge is 0.317 e. The number of H-pyrrole nitrogens is 1. The highest BCUT2D eigenvalue weighted by Gasteiger charge is 2.51. The van der Waals surface area contributed by atoms with E-state index >= 15 is 0 Å². The number of ether oxygens (including phenoxy) is 1. The number of hydrogen-bond acceptors (Lipinski definition) is 3. The minimum Gasteiger partial charge on any atom is -0.482 e. The van der Waals surface area contributed by atoms with Gasteiger partial charge in [0, 0.05) is 23.5 Å². The first-order chi connectivity index (χ1) is 13.9. The number of nitrogens with zero attached hydrogens (tertiary/aromatic N) is 1. The third-order valence-corrected chi connectivity index (χ3v) is 5.60. The molecule has 5 rings (SSSR count). The lowest BCUT2D eigenvalue weighted by molar-refractivity contribution is -0.0598. The van der Waals surface area contributed by atoms with Gasteiger partial charge in [0.1, 0.15) is 16.7 Å². The fourth-order valence-corrected chi connectivity index (χ4v) is 4.20. The number of carbonyl (C=O) groups is 2. The van der Waals surface area contributed by atoms with E-state index in [0.29, 0.717) is 17.3 Å². The van der Waals surface area contributed by atoms with Gasteiger partial charge in [0.15, 0.2) is 11.4 Å². The molecule has 2 aliphatic heterocycles. The SMILES string of the molecule is O=C1CC2(CN(C(=O)NCc3ccc4[nH]c(Cl)cc4c3)C2)Oc2cc(F)ccc21. The molecular formula is C21H17ClFN3O3. The number of fused-ring (bicyclic) bond motifs is 2. The molecule has 6 nitrogen and oxygen atoms in total. The lowest BCUT2D eigenvalue weighted by Gasteiger charge is -2.50. The van der Waals surface area contributed by atoms with Crippen LogP contribution in [0, 0.1) is 5.82 Å². The van der Waals surface area contributed by atoms with Crippen LogP contribution in [0.2, 0.25) is 5.15 Å². The predicted octanol–water partition coefficient (Wildman–Crippen LogP) is 3.89. The Labute approximate surface area is 170 Å². The van der Waals surface area contributed by atoms with Crippen LogP contribution in [0.4, 0.5) is 9.18 Å².